The van der Waals surface area contributed by atoms with E-state index in [4.69, 9.17) is 0 Å². The number of hydrogen-bond donors (Lipinski definition) is 0. The Morgan fingerprint density at radius 2 is 1.71 bits per heavy atom. The monoisotopic (exact) mass is 185 g/mol. The minimum Gasteiger partial charge on any atom is -0.343 e. The van der Waals surface area contributed by atoms with Gasteiger partial charge in [-0.3, -0.25) is 9.97 Å². The maximum absolute atomic E-state index is 4.07. The highest BCUT2D eigenvalue weighted by atomic mass is 15.1. The maximum atomic E-state index is 4.07. The van der Waals surface area contributed by atoms with Crippen molar-refractivity contribution in [2.24, 2.45) is 0 Å². The Bertz CT molecular complexity index is 346. The zero-order chi connectivity index (χ0) is 9.80. The molecule has 14 heavy (non-hydrogen) atoms. The van der Waals surface area contributed by atoms with Crippen molar-refractivity contribution >= 4 is 11.4 Å². The van der Waals surface area contributed by atoms with Crippen LogP contribution in [0.4, 0.5) is 11.4 Å². The van der Waals surface area contributed by atoms with E-state index in [0.29, 0.717) is 0 Å². The van der Waals surface area contributed by atoms with E-state index in [1.54, 1.807) is 18.6 Å². The molecule has 0 bridgehead atoms. The van der Waals surface area contributed by atoms with Crippen LogP contribution in [-0.4, -0.2) is 17.0 Å². The molecule has 2 rings (SSSR count). The molecule has 0 N–H and O–H groups in total. The van der Waals surface area contributed by atoms with E-state index in [-0.39, 0.29) is 0 Å². The van der Waals surface area contributed by atoms with Crippen LogP contribution in [0.5, 0.6) is 0 Å². The molecule has 3 nitrogen and oxygen atoms in total. The van der Waals surface area contributed by atoms with Gasteiger partial charge >= 0.3 is 0 Å². The molecule has 0 radical (unpaired) electrons. The summed E-state index contributed by atoms with van der Waals surface area (Å²) in [6, 6.07) is 7.88. The molecule has 2 heterocycles. The van der Waals surface area contributed by atoms with Gasteiger partial charge in [-0.25, -0.2) is 0 Å². The van der Waals surface area contributed by atoms with Gasteiger partial charge in [0.05, 0.1) is 11.9 Å². The molecule has 2 aromatic heterocycles. The smallest absolute Gasteiger partial charge is 0.0594 e. The summed E-state index contributed by atoms with van der Waals surface area (Å²) in [5.74, 6) is 0. The lowest BCUT2D eigenvalue weighted by Gasteiger charge is -2.18. The molecular weight excluding hydrogens is 174 g/mol. The normalized spacial score (nSPS) is 9.79. The summed E-state index contributed by atoms with van der Waals surface area (Å²) in [4.78, 5) is 10.1. The van der Waals surface area contributed by atoms with Gasteiger partial charge in [0, 0.05) is 31.3 Å². The lowest BCUT2D eigenvalue weighted by Crippen LogP contribution is -2.09. The Labute approximate surface area is 83.1 Å². The lowest BCUT2D eigenvalue weighted by atomic mass is 10.3. The van der Waals surface area contributed by atoms with Gasteiger partial charge in [0.1, 0.15) is 0 Å². The third-order valence-electron chi connectivity index (χ3n) is 2.08. The Morgan fingerprint density at radius 1 is 0.929 bits per heavy atom. The molecule has 0 atom stereocenters. The molecule has 0 aliphatic heterocycles. The number of rotatable bonds is 2. The fraction of sp³-hybridized carbons (Fsp3) is 0.0909. The van der Waals surface area contributed by atoms with Crippen LogP contribution in [0, 0.1) is 0 Å². The van der Waals surface area contributed by atoms with Crippen molar-refractivity contribution in [1.29, 1.82) is 0 Å². The van der Waals surface area contributed by atoms with Crippen molar-refractivity contribution < 1.29 is 0 Å². The highest BCUT2D eigenvalue weighted by Crippen LogP contribution is 2.20. The molecule has 0 saturated carbocycles. The molecule has 0 aliphatic rings. The standard InChI is InChI=1S/C11H11N3/c1-14(10-4-7-12-8-5-10)11-3-2-6-13-9-11/h2-9H,1H3. The van der Waals surface area contributed by atoms with Crippen molar-refractivity contribution in [2.45, 2.75) is 0 Å². The van der Waals surface area contributed by atoms with Gasteiger partial charge in [-0.05, 0) is 24.3 Å². The number of nitrogens with zero attached hydrogens (tertiary/aromatic N) is 3. The number of hydrogen-bond acceptors (Lipinski definition) is 3. The molecule has 2 aromatic rings. The summed E-state index contributed by atoms with van der Waals surface area (Å²) < 4.78 is 0. The largest absolute Gasteiger partial charge is 0.343 e. The summed E-state index contributed by atoms with van der Waals surface area (Å²) in [6.45, 7) is 0. The molecule has 0 spiro atoms. The molecule has 0 unspecified atom stereocenters. The maximum Gasteiger partial charge on any atom is 0.0594 e. The molecule has 0 aliphatic carbocycles. The molecule has 3 heteroatoms. The van der Waals surface area contributed by atoms with Crippen LogP contribution in [0.15, 0.2) is 49.1 Å². The van der Waals surface area contributed by atoms with Crippen LogP contribution in [-0.2, 0) is 0 Å². The Hall–Kier alpha value is -1.90. The van der Waals surface area contributed by atoms with Gasteiger partial charge in [-0.1, -0.05) is 0 Å². The Morgan fingerprint density at radius 3 is 2.36 bits per heavy atom. The highest BCUT2D eigenvalue weighted by Gasteiger charge is 2.01. The van der Waals surface area contributed by atoms with Gasteiger partial charge in [-0.15, -0.1) is 0 Å². The third-order valence-corrected chi connectivity index (χ3v) is 2.08. The first-order valence-electron chi connectivity index (χ1n) is 4.42. The third kappa shape index (κ3) is 1.71. The fourth-order valence-electron chi connectivity index (χ4n) is 1.27. The predicted molar refractivity (Wildman–Crippen MR) is 56.5 cm³/mol. The fourth-order valence-corrected chi connectivity index (χ4v) is 1.27. The molecule has 70 valence electrons. The number of aromatic nitrogens is 2. The second kappa shape index (κ2) is 3.87. The lowest BCUT2D eigenvalue weighted by molar-refractivity contribution is 1.16. The summed E-state index contributed by atoms with van der Waals surface area (Å²) in [5, 5.41) is 0. The Kier molecular flexibility index (Phi) is 2.40. The van der Waals surface area contributed by atoms with Gasteiger partial charge in [0.25, 0.3) is 0 Å². The quantitative estimate of drug-likeness (QED) is 0.718. The summed E-state index contributed by atoms with van der Waals surface area (Å²) >= 11 is 0. The predicted octanol–water partition coefficient (Wildman–Crippen LogP) is 2.24. The Balaban J connectivity index is 2.30. The first-order valence-corrected chi connectivity index (χ1v) is 4.42. The number of pyridine rings is 2. The van der Waals surface area contributed by atoms with E-state index in [1.807, 2.05) is 37.5 Å². The van der Waals surface area contributed by atoms with Crippen molar-refractivity contribution in [3.05, 3.63) is 49.1 Å². The van der Waals surface area contributed by atoms with Crippen LogP contribution in [0.1, 0.15) is 0 Å². The van der Waals surface area contributed by atoms with Gasteiger partial charge in [-0.2, -0.15) is 0 Å². The van der Waals surface area contributed by atoms with Gasteiger partial charge in [0.15, 0.2) is 0 Å². The van der Waals surface area contributed by atoms with E-state index in [9.17, 15) is 0 Å². The first kappa shape index (κ1) is 8.69. The van der Waals surface area contributed by atoms with Crippen molar-refractivity contribution in [3.8, 4) is 0 Å². The van der Waals surface area contributed by atoms with Crippen molar-refractivity contribution in [2.75, 3.05) is 11.9 Å². The second-order valence-electron chi connectivity index (χ2n) is 2.98. The average Bonchev–Trinajstić information content (AvgIpc) is 2.30. The van der Waals surface area contributed by atoms with Crippen molar-refractivity contribution in [1.82, 2.24) is 9.97 Å². The van der Waals surface area contributed by atoms with Crippen LogP contribution < -0.4 is 4.90 Å². The molecular formula is C11H11N3. The van der Waals surface area contributed by atoms with Crippen LogP contribution >= 0.6 is 0 Å². The van der Waals surface area contributed by atoms with Gasteiger partial charge in [0.2, 0.25) is 0 Å². The van der Waals surface area contributed by atoms with E-state index >= 15 is 0 Å². The summed E-state index contributed by atoms with van der Waals surface area (Å²) in [7, 11) is 2.01. The SMILES string of the molecule is CN(c1ccncc1)c1cccnc1. The van der Waals surface area contributed by atoms with Crippen LogP contribution in [0.3, 0.4) is 0 Å². The van der Waals surface area contributed by atoms with Crippen LogP contribution in [0.2, 0.25) is 0 Å². The molecule has 0 fully saturated rings. The van der Waals surface area contributed by atoms with E-state index in [1.165, 1.54) is 0 Å². The van der Waals surface area contributed by atoms with E-state index < -0.39 is 0 Å². The van der Waals surface area contributed by atoms with Crippen molar-refractivity contribution in [3.63, 3.8) is 0 Å². The van der Waals surface area contributed by atoms with E-state index in [2.05, 4.69) is 14.9 Å². The van der Waals surface area contributed by atoms with Crippen LogP contribution in [0.25, 0.3) is 0 Å². The second-order valence-corrected chi connectivity index (χ2v) is 2.98. The minimum atomic E-state index is 1.07. The zero-order valence-electron chi connectivity index (χ0n) is 7.96. The minimum absolute atomic E-state index is 1.07. The zero-order valence-corrected chi connectivity index (χ0v) is 7.96. The molecule has 0 saturated heterocycles. The highest BCUT2D eigenvalue weighted by molar-refractivity contribution is 5.60. The summed E-state index contributed by atoms with van der Waals surface area (Å²) in [5.41, 5.74) is 2.17. The average molecular weight is 185 g/mol. The molecule has 0 amide bonds. The van der Waals surface area contributed by atoms with Gasteiger partial charge < -0.3 is 4.90 Å². The first-order chi connectivity index (χ1) is 6.88. The topological polar surface area (TPSA) is 29.0 Å². The number of anilines is 2. The van der Waals surface area contributed by atoms with E-state index in [0.717, 1.165) is 11.4 Å². The molecule has 0 aromatic carbocycles. The summed E-state index contributed by atoms with van der Waals surface area (Å²) in [6.07, 6.45) is 7.16.